The average Bonchev–Trinajstić information content (AvgIpc) is 3.46. The number of rotatable bonds is 4. The molecule has 5 heterocycles. The van der Waals surface area contributed by atoms with E-state index in [1.807, 2.05) is 0 Å². The van der Waals surface area contributed by atoms with Gasteiger partial charge in [0.25, 0.3) is 5.91 Å². The van der Waals surface area contributed by atoms with Gasteiger partial charge in [-0.15, -0.1) is 0 Å². The van der Waals surface area contributed by atoms with Crippen LogP contribution >= 0.6 is 0 Å². The van der Waals surface area contributed by atoms with Gasteiger partial charge in [0.15, 0.2) is 17.5 Å². The Balaban J connectivity index is 1.32. The fourth-order valence-electron chi connectivity index (χ4n) is 5.82. The van der Waals surface area contributed by atoms with Gasteiger partial charge in [-0.3, -0.25) is 30.3 Å². The van der Waals surface area contributed by atoms with Crippen molar-refractivity contribution in [3.8, 4) is 11.5 Å². The second-order valence-corrected chi connectivity index (χ2v) is 9.58. The van der Waals surface area contributed by atoms with Crippen LogP contribution in [0.3, 0.4) is 0 Å². The van der Waals surface area contributed by atoms with E-state index >= 15 is 0 Å². The molecule has 0 aliphatic carbocycles. The minimum atomic E-state index is -2.64. The second-order valence-electron chi connectivity index (χ2n) is 9.58. The van der Waals surface area contributed by atoms with Crippen molar-refractivity contribution in [3.63, 3.8) is 0 Å². The molecule has 1 aromatic rings. The number of para-hydroxylation sites is 1. The predicted molar refractivity (Wildman–Crippen MR) is 124 cm³/mol. The van der Waals surface area contributed by atoms with Crippen molar-refractivity contribution < 1.29 is 38.6 Å². The van der Waals surface area contributed by atoms with E-state index in [0.29, 0.717) is 12.4 Å². The number of hydrogen-bond donors (Lipinski definition) is 7. The van der Waals surface area contributed by atoms with Crippen molar-refractivity contribution in [2.45, 2.75) is 42.4 Å². The number of nitrogens with one attached hydrogen (secondary N) is 3. The largest absolute Gasteiger partial charge is 0.486 e. The predicted octanol–water partition coefficient (Wildman–Crippen LogP) is -4.32. The summed E-state index contributed by atoms with van der Waals surface area (Å²) in [6.07, 6.45) is 0.207. The van der Waals surface area contributed by atoms with E-state index in [4.69, 9.17) is 20.9 Å². The second kappa shape index (κ2) is 7.94. The van der Waals surface area contributed by atoms with Crippen molar-refractivity contribution in [1.82, 2.24) is 20.9 Å². The number of benzene rings is 1. The lowest BCUT2D eigenvalue weighted by atomic mass is 9.85. The topological polar surface area (TPSA) is 217 Å². The molecule has 15 nitrogen and oxygen atoms in total. The number of guanidine groups is 2. The molecule has 37 heavy (non-hydrogen) atoms. The maximum absolute atomic E-state index is 13.3. The Morgan fingerprint density at radius 3 is 2.70 bits per heavy atom. The van der Waals surface area contributed by atoms with Crippen LogP contribution in [0.25, 0.3) is 0 Å². The van der Waals surface area contributed by atoms with Gasteiger partial charge in [-0.2, -0.15) is 0 Å². The Kier molecular flexibility index (Phi) is 5.00. The molecular formula is C22H27N8O7+. The van der Waals surface area contributed by atoms with Crippen molar-refractivity contribution in [2.75, 3.05) is 26.3 Å². The highest BCUT2D eigenvalue weighted by Crippen LogP contribution is 2.42. The molecule has 0 radical (unpaired) electrons. The smallest absolute Gasteiger partial charge is 0.346 e. The molecule has 196 valence electrons. The summed E-state index contributed by atoms with van der Waals surface area (Å²) in [6.45, 7) is 0.396. The van der Waals surface area contributed by atoms with Crippen molar-refractivity contribution >= 4 is 29.6 Å². The minimum Gasteiger partial charge on any atom is -0.486 e. The van der Waals surface area contributed by atoms with Gasteiger partial charge in [-0.1, -0.05) is 6.07 Å². The zero-order chi connectivity index (χ0) is 26.1. The molecule has 2 fully saturated rings. The fourth-order valence-corrected chi connectivity index (χ4v) is 5.82. The van der Waals surface area contributed by atoms with Gasteiger partial charge in [0.2, 0.25) is 23.3 Å². The molecule has 5 aliphatic heterocycles. The summed E-state index contributed by atoms with van der Waals surface area (Å²) in [5, 5.41) is 31.7. The first-order chi connectivity index (χ1) is 17.6. The molecule has 3 amide bonds. The summed E-state index contributed by atoms with van der Waals surface area (Å²) in [7, 11) is 0. The normalized spacial score (nSPS) is 31.4. The van der Waals surface area contributed by atoms with Crippen LogP contribution in [-0.2, 0) is 9.59 Å². The van der Waals surface area contributed by atoms with Crippen LogP contribution in [-0.4, -0.2) is 105 Å². The number of amides is 3. The third-order valence-electron chi connectivity index (χ3n) is 7.52. The molecule has 4 atom stereocenters. The van der Waals surface area contributed by atoms with Gasteiger partial charge in [0, 0.05) is 12.8 Å². The number of aliphatic imine (C=N–C) groups is 1. The van der Waals surface area contributed by atoms with Gasteiger partial charge in [-0.25, -0.2) is 9.57 Å². The van der Waals surface area contributed by atoms with Crippen LogP contribution in [0.15, 0.2) is 23.2 Å². The van der Waals surface area contributed by atoms with Crippen LogP contribution < -0.4 is 36.9 Å². The number of likely N-dealkylation sites (tertiary alicyclic amines) is 1. The Morgan fingerprint density at radius 1 is 1.22 bits per heavy atom. The maximum atomic E-state index is 13.3. The molecule has 6 rings (SSSR count). The standard InChI is InChI=1S/C22H26N8O7/c23-19-27-17-11(8-29-14(31)4-5-15(29)32)25-20(24)30-9-13(22(34,35)21(17,30)28-19)26-18(33)10-2-1-3-12-16(10)37-7-6-36-12/h1-3,11,13,17,34-35H,4-9H2,(H6,23,24,25,26,27,28,33)/p+1/t11-,13?,17-,21-/m0/s1. The van der Waals surface area contributed by atoms with E-state index in [1.54, 1.807) is 18.2 Å². The van der Waals surface area contributed by atoms with Gasteiger partial charge in [-0.05, 0) is 12.1 Å². The number of aliphatic hydroxyl groups is 2. The van der Waals surface area contributed by atoms with Gasteiger partial charge in [0.05, 0.1) is 18.7 Å². The molecule has 0 bridgehead atoms. The summed E-state index contributed by atoms with van der Waals surface area (Å²) in [6, 6.07) is 1.82. The summed E-state index contributed by atoms with van der Waals surface area (Å²) in [5.74, 6) is -3.30. The number of carbonyl (C=O) groups is 3. The van der Waals surface area contributed by atoms with E-state index in [-0.39, 0.29) is 67.6 Å². The zero-order valence-corrected chi connectivity index (χ0v) is 19.6. The number of hydrogen-bond acceptors (Lipinski definition) is 12. The van der Waals surface area contributed by atoms with Crippen molar-refractivity contribution in [3.05, 3.63) is 23.8 Å². The van der Waals surface area contributed by atoms with Gasteiger partial charge in [0.1, 0.15) is 31.3 Å². The number of nitrogens with two attached hydrogens (primary N) is 2. The van der Waals surface area contributed by atoms with E-state index in [0.717, 1.165) is 4.90 Å². The van der Waals surface area contributed by atoms with E-state index in [1.165, 1.54) is 4.58 Å². The lowest BCUT2D eigenvalue weighted by molar-refractivity contribution is -0.623. The van der Waals surface area contributed by atoms with E-state index in [2.05, 4.69) is 20.9 Å². The fraction of sp³-hybridized carbons (Fsp3) is 0.500. The molecule has 0 aromatic heterocycles. The quantitative estimate of drug-likeness (QED) is 0.116. The number of ether oxygens (including phenoxy) is 2. The maximum Gasteiger partial charge on any atom is 0.346 e. The highest BCUT2D eigenvalue weighted by atomic mass is 16.6. The van der Waals surface area contributed by atoms with Crippen molar-refractivity contribution in [1.29, 1.82) is 0 Å². The summed E-state index contributed by atoms with van der Waals surface area (Å²) in [4.78, 5) is 43.2. The highest BCUT2D eigenvalue weighted by molar-refractivity contribution is 6.02. The molecule has 1 unspecified atom stereocenters. The lowest BCUT2D eigenvalue weighted by Gasteiger charge is -2.44. The lowest BCUT2D eigenvalue weighted by Crippen LogP contribution is -2.79. The molecule has 1 aromatic carbocycles. The molecule has 1 spiro atoms. The molecule has 5 aliphatic rings. The minimum absolute atomic E-state index is 0.0378. The molecule has 0 saturated carbocycles. The van der Waals surface area contributed by atoms with Crippen LogP contribution in [0.1, 0.15) is 23.2 Å². The first-order valence-corrected chi connectivity index (χ1v) is 11.9. The number of nitrogens with zero attached hydrogens (tertiary/aromatic N) is 3. The summed E-state index contributed by atoms with van der Waals surface area (Å²) >= 11 is 0. The Morgan fingerprint density at radius 2 is 1.95 bits per heavy atom. The van der Waals surface area contributed by atoms with E-state index in [9.17, 15) is 24.6 Å². The van der Waals surface area contributed by atoms with Crippen LogP contribution in [0, 0.1) is 0 Å². The van der Waals surface area contributed by atoms with Gasteiger partial charge < -0.3 is 36.1 Å². The zero-order valence-electron chi connectivity index (χ0n) is 19.6. The summed E-state index contributed by atoms with van der Waals surface area (Å²) < 4.78 is 12.6. The molecular weight excluding hydrogens is 488 g/mol. The SMILES string of the molecule is NC1=N[C@H]2[C@H](CN3C(=O)CCC3=O)NC(N)=[N+]3CC(NC(=O)c4cccc5c4OCCO5)C(O)(O)[C@]23N1. The number of imide groups is 1. The number of fused-ring (bicyclic) bond motifs is 1. The van der Waals surface area contributed by atoms with Crippen LogP contribution in [0.5, 0.6) is 11.5 Å². The summed E-state index contributed by atoms with van der Waals surface area (Å²) in [5.41, 5.74) is 10.7. The Hall–Kier alpha value is -4.11. The average molecular weight is 516 g/mol. The van der Waals surface area contributed by atoms with Gasteiger partial charge >= 0.3 is 5.96 Å². The Labute approximate surface area is 210 Å². The first-order valence-electron chi connectivity index (χ1n) is 11.9. The number of carbonyl (C=O) groups excluding carboxylic acids is 3. The van der Waals surface area contributed by atoms with Crippen molar-refractivity contribution in [2.24, 2.45) is 16.5 Å². The third kappa shape index (κ3) is 3.23. The monoisotopic (exact) mass is 515 g/mol. The van der Waals surface area contributed by atoms with E-state index < -0.39 is 35.5 Å². The van der Waals surface area contributed by atoms with Crippen LogP contribution in [0.2, 0.25) is 0 Å². The first kappa shape index (κ1) is 23.3. The highest BCUT2D eigenvalue weighted by Gasteiger charge is 2.75. The Bertz CT molecular complexity index is 1260. The third-order valence-corrected chi connectivity index (χ3v) is 7.52. The molecule has 9 N–H and O–H groups in total. The molecule has 15 heteroatoms. The molecule has 2 saturated heterocycles. The van der Waals surface area contributed by atoms with Crippen LogP contribution in [0.4, 0.5) is 0 Å².